The van der Waals surface area contributed by atoms with Crippen LogP contribution in [0.5, 0.6) is 0 Å². The average Bonchev–Trinajstić information content (AvgIpc) is 2.57. The zero-order chi connectivity index (χ0) is 12.7. The van der Waals surface area contributed by atoms with Crippen LogP contribution < -0.4 is 0 Å². The quantitative estimate of drug-likeness (QED) is 0.758. The number of ether oxygens (including phenoxy) is 1. The Morgan fingerprint density at radius 2 is 1.82 bits per heavy atom. The summed E-state index contributed by atoms with van der Waals surface area (Å²) in [6.45, 7) is 7.24. The maximum Gasteiger partial charge on any atom is 0.320 e. The zero-order valence-corrected chi connectivity index (χ0v) is 11.4. The first-order valence-electron chi connectivity index (χ1n) is 6.71. The molecule has 1 aliphatic heterocycles. The Labute approximate surface area is 105 Å². The third kappa shape index (κ3) is 4.54. The molecule has 2 amide bonds. The maximum atomic E-state index is 12.4. The summed E-state index contributed by atoms with van der Waals surface area (Å²) in [4.78, 5) is 16.3. The van der Waals surface area contributed by atoms with Crippen LogP contribution in [0.4, 0.5) is 4.79 Å². The molecule has 0 unspecified atom stereocenters. The van der Waals surface area contributed by atoms with Crippen molar-refractivity contribution in [2.24, 2.45) is 0 Å². The number of methoxy groups -OCH3 is 1. The lowest BCUT2D eigenvalue weighted by atomic mass is 10.2. The Morgan fingerprint density at radius 1 is 1.24 bits per heavy atom. The van der Waals surface area contributed by atoms with Crippen molar-refractivity contribution in [2.75, 3.05) is 33.4 Å². The standard InChI is InChI=1S/C13H26N2O2/c1-12(2)15(10-11-17-3)13(16)14-8-6-4-5-7-9-14/h12H,4-11H2,1-3H3. The van der Waals surface area contributed by atoms with Gasteiger partial charge in [-0.15, -0.1) is 0 Å². The normalized spacial score (nSPS) is 17.1. The van der Waals surface area contributed by atoms with Crippen LogP contribution in [0.1, 0.15) is 39.5 Å². The zero-order valence-electron chi connectivity index (χ0n) is 11.4. The Hall–Kier alpha value is -0.770. The molecular formula is C13H26N2O2. The molecule has 0 aromatic carbocycles. The fraction of sp³-hybridized carbons (Fsp3) is 0.923. The molecule has 0 aliphatic carbocycles. The van der Waals surface area contributed by atoms with Gasteiger partial charge in [0.1, 0.15) is 0 Å². The molecule has 0 saturated carbocycles. The molecule has 1 rings (SSSR count). The summed E-state index contributed by atoms with van der Waals surface area (Å²) in [5.41, 5.74) is 0. The highest BCUT2D eigenvalue weighted by atomic mass is 16.5. The van der Waals surface area contributed by atoms with Gasteiger partial charge in [0.05, 0.1) is 6.61 Å². The van der Waals surface area contributed by atoms with Crippen molar-refractivity contribution in [1.29, 1.82) is 0 Å². The molecule has 1 heterocycles. The number of urea groups is 1. The molecular weight excluding hydrogens is 216 g/mol. The number of carbonyl (C=O) groups excluding carboxylic acids is 1. The van der Waals surface area contributed by atoms with E-state index < -0.39 is 0 Å². The monoisotopic (exact) mass is 242 g/mol. The molecule has 0 N–H and O–H groups in total. The summed E-state index contributed by atoms with van der Waals surface area (Å²) < 4.78 is 5.07. The minimum absolute atomic E-state index is 0.180. The third-order valence-corrected chi connectivity index (χ3v) is 3.28. The van der Waals surface area contributed by atoms with E-state index in [4.69, 9.17) is 4.74 Å². The summed E-state index contributed by atoms with van der Waals surface area (Å²) >= 11 is 0. The highest BCUT2D eigenvalue weighted by Crippen LogP contribution is 2.13. The first-order chi connectivity index (χ1) is 8.16. The van der Waals surface area contributed by atoms with Crippen molar-refractivity contribution in [3.63, 3.8) is 0 Å². The van der Waals surface area contributed by atoms with Crippen molar-refractivity contribution in [2.45, 2.75) is 45.6 Å². The smallest absolute Gasteiger partial charge is 0.320 e. The van der Waals surface area contributed by atoms with Gasteiger partial charge >= 0.3 is 6.03 Å². The van der Waals surface area contributed by atoms with E-state index in [9.17, 15) is 4.79 Å². The number of carbonyl (C=O) groups is 1. The molecule has 1 saturated heterocycles. The second-order valence-corrected chi connectivity index (χ2v) is 4.96. The Morgan fingerprint density at radius 3 is 2.29 bits per heavy atom. The van der Waals surface area contributed by atoms with E-state index in [-0.39, 0.29) is 12.1 Å². The Kier molecular flexibility index (Phi) is 6.34. The van der Waals surface area contributed by atoms with E-state index in [2.05, 4.69) is 13.8 Å². The second-order valence-electron chi connectivity index (χ2n) is 4.96. The minimum Gasteiger partial charge on any atom is -0.383 e. The Balaban J connectivity index is 2.55. The summed E-state index contributed by atoms with van der Waals surface area (Å²) in [7, 11) is 1.68. The summed E-state index contributed by atoms with van der Waals surface area (Å²) in [6, 6.07) is 0.417. The molecule has 4 heteroatoms. The first kappa shape index (κ1) is 14.3. The molecule has 0 aromatic heterocycles. The first-order valence-corrected chi connectivity index (χ1v) is 6.71. The van der Waals surface area contributed by atoms with E-state index in [1.807, 2.05) is 9.80 Å². The van der Waals surface area contributed by atoms with Crippen molar-refractivity contribution >= 4 is 6.03 Å². The lowest BCUT2D eigenvalue weighted by Gasteiger charge is -2.32. The number of hydrogen-bond donors (Lipinski definition) is 0. The maximum absolute atomic E-state index is 12.4. The highest BCUT2D eigenvalue weighted by Gasteiger charge is 2.23. The summed E-state index contributed by atoms with van der Waals surface area (Å²) in [5.74, 6) is 0. The van der Waals surface area contributed by atoms with Crippen LogP contribution in [0.15, 0.2) is 0 Å². The molecule has 0 aromatic rings. The lowest BCUT2D eigenvalue weighted by Crippen LogP contribution is -2.48. The summed E-state index contributed by atoms with van der Waals surface area (Å²) in [6.07, 6.45) is 4.79. The summed E-state index contributed by atoms with van der Waals surface area (Å²) in [5, 5.41) is 0. The van der Waals surface area contributed by atoms with Crippen molar-refractivity contribution in [3.8, 4) is 0 Å². The van der Waals surface area contributed by atoms with Crippen molar-refractivity contribution < 1.29 is 9.53 Å². The van der Waals surface area contributed by atoms with E-state index in [1.54, 1.807) is 7.11 Å². The van der Waals surface area contributed by atoms with Crippen LogP contribution in [0, 0.1) is 0 Å². The van der Waals surface area contributed by atoms with Crippen LogP contribution in [0.3, 0.4) is 0 Å². The van der Waals surface area contributed by atoms with Crippen LogP contribution >= 0.6 is 0 Å². The van der Waals surface area contributed by atoms with E-state index >= 15 is 0 Å². The number of rotatable bonds is 4. The lowest BCUT2D eigenvalue weighted by molar-refractivity contribution is 0.113. The third-order valence-electron chi connectivity index (χ3n) is 3.28. The molecule has 4 nitrogen and oxygen atoms in total. The molecule has 0 bridgehead atoms. The predicted molar refractivity (Wildman–Crippen MR) is 69.2 cm³/mol. The van der Waals surface area contributed by atoms with Gasteiger partial charge in [0.15, 0.2) is 0 Å². The number of nitrogens with zero attached hydrogens (tertiary/aromatic N) is 2. The molecule has 0 radical (unpaired) electrons. The highest BCUT2D eigenvalue weighted by molar-refractivity contribution is 5.74. The van der Waals surface area contributed by atoms with Gasteiger partial charge in [-0.1, -0.05) is 12.8 Å². The molecule has 1 aliphatic rings. The van der Waals surface area contributed by atoms with Gasteiger partial charge in [-0.2, -0.15) is 0 Å². The molecule has 100 valence electrons. The topological polar surface area (TPSA) is 32.8 Å². The van der Waals surface area contributed by atoms with Crippen molar-refractivity contribution in [3.05, 3.63) is 0 Å². The molecule has 0 spiro atoms. The average molecular weight is 242 g/mol. The van der Waals surface area contributed by atoms with Gasteiger partial charge < -0.3 is 14.5 Å². The van der Waals surface area contributed by atoms with Crippen LogP contribution in [-0.2, 0) is 4.74 Å². The predicted octanol–water partition coefficient (Wildman–Crippen LogP) is 2.34. The molecule has 17 heavy (non-hydrogen) atoms. The van der Waals surface area contributed by atoms with Gasteiger partial charge in [-0.25, -0.2) is 4.79 Å². The second kappa shape index (κ2) is 7.54. The Bertz CT molecular complexity index is 223. The fourth-order valence-electron chi connectivity index (χ4n) is 2.21. The number of hydrogen-bond acceptors (Lipinski definition) is 2. The molecule has 0 atom stereocenters. The van der Waals surface area contributed by atoms with Gasteiger partial charge in [-0.3, -0.25) is 0 Å². The van der Waals surface area contributed by atoms with Gasteiger partial charge in [0, 0.05) is 32.8 Å². The SMILES string of the molecule is COCCN(C(=O)N1CCCCCC1)C(C)C. The van der Waals surface area contributed by atoms with E-state index in [1.165, 1.54) is 12.8 Å². The van der Waals surface area contributed by atoms with Crippen LogP contribution in [0.25, 0.3) is 0 Å². The number of likely N-dealkylation sites (tertiary alicyclic amines) is 1. The van der Waals surface area contributed by atoms with Crippen LogP contribution in [0.2, 0.25) is 0 Å². The van der Waals surface area contributed by atoms with Gasteiger partial charge in [-0.05, 0) is 26.7 Å². The van der Waals surface area contributed by atoms with Gasteiger partial charge in [0.25, 0.3) is 0 Å². The van der Waals surface area contributed by atoms with Gasteiger partial charge in [0.2, 0.25) is 0 Å². The fourth-order valence-corrected chi connectivity index (χ4v) is 2.21. The van der Waals surface area contributed by atoms with E-state index in [0.29, 0.717) is 13.2 Å². The molecule has 1 fully saturated rings. The largest absolute Gasteiger partial charge is 0.383 e. The number of amides is 2. The van der Waals surface area contributed by atoms with Crippen LogP contribution in [-0.4, -0.2) is 55.2 Å². The minimum atomic E-state index is 0.180. The van der Waals surface area contributed by atoms with Crippen molar-refractivity contribution in [1.82, 2.24) is 9.80 Å². The van der Waals surface area contributed by atoms with E-state index in [0.717, 1.165) is 25.9 Å².